The fraction of sp³-hybridized carbons (Fsp3) is 0.462. The van der Waals surface area contributed by atoms with Gasteiger partial charge in [0.15, 0.2) is 5.82 Å². The fourth-order valence-electron chi connectivity index (χ4n) is 1.70. The molecule has 0 saturated heterocycles. The standard InChI is InChI=1S/C13H18N4O2/c1-9-7-15-10(19-9)8-16-11-12(18)17(6-5-14-11)13(2,3)4/h5-7H,8H2,1-4H3,(H,14,16). The minimum atomic E-state index is -0.282. The summed E-state index contributed by atoms with van der Waals surface area (Å²) in [5, 5.41) is 2.95. The van der Waals surface area contributed by atoms with Gasteiger partial charge in [0.05, 0.1) is 12.7 Å². The van der Waals surface area contributed by atoms with Crippen LogP contribution in [-0.2, 0) is 12.1 Å². The molecule has 2 heterocycles. The third-order valence-electron chi connectivity index (χ3n) is 2.64. The number of oxazole rings is 1. The summed E-state index contributed by atoms with van der Waals surface area (Å²) in [4.78, 5) is 20.4. The molecular formula is C13H18N4O2. The van der Waals surface area contributed by atoms with Crippen LogP contribution in [0.25, 0.3) is 0 Å². The molecule has 0 amide bonds. The molecule has 0 radical (unpaired) electrons. The van der Waals surface area contributed by atoms with Crippen molar-refractivity contribution in [3.05, 3.63) is 40.6 Å². The van der Waals surface area contributed by atoms with E-state index in [4.69, 9.17) is 4.42 Å². The summed E-state index contributed by atoms with van der Waals surface area (Å²) in [6.07, 6.45) is 4.93. The Hall–Kier alpha value is -2.11. The molecule has 0 aliphatic rings. The van der Waals surface area contributed by atoms with Gasteiger partial charge in [0.1, 0.15) is 5.76 Å². The van der Waals surface area contributed by atoms with Crippen LogP contribution in [0, 0.1) is 6.92 Å². The molecule has 19 heavy (non-hydrogen) atoms. The number of hydrogen-bond acceptors (Lipinski definition) is 5. The molecule has 0 bridgehead atoms. The Morgan fingerprint density at radius 1 is 1.37 bits per heavy atom. The van der Waals surface area contributed by atoms with Gasteiger partial charge in [-0.25, -0.2) is 9.97 Å². The first-order valence-corrected chi connectivity index (χ1v) is 6.11. The Morgan fingerprint density at radius 3 is 2.68 bits per heavy atom. The molecule has 1 N–H and O–H groups in total. The van der Waals surface area contributed by atoms with Crippen molar-refractivity contribution >= 4 is 5.82 Å². The molecular weight excluding hydrogens is 244 g/mol. The number of aryl methyl sites for hydroxylation is 1. The number of nitrogens with zero attached hydrogens (tertiary/aromatic N) is 3. The van der Waals surface area contributed by atoms with Crippen LogP contribution in [0.15, 0.2) is 27.8 Å². The number of hydrogen-bond donors (Lipinski definition) is 1. The summed E-state index contributed by atoms with van der Waals surface area (Å²) in [7, 11) is 0. The SMILES string of the molecule is Cc1cnc(CNc2nccn(C(C)(C)C)c2=O)o1. The Kier molecular flexibility index (Phi) is 3.42. The van der Waals surface area contributed by atoms with E-state index in [-0.39, 0.29) is 11.1 Å². The quantitative estimate of drug-likeness (QED) is 0.914. The van der Waals surface area contributed by atoms with Crippen molar-refractivity contribution in [2.75, 3.05) is 5.32 Å². The van der Waals surface area contributed by atoms with Crippen molar-refractivity contribution in [3.63, 3.8) is 0 Å². The molecule has 0 aliphatic carbocycles. The van der Waals surface area contributed by atoms with Crippen LogP contribution < -0.4 is 10.9 Å². The maximum atomic E-state index is 12.2. The van der Waals surface area contributed by atoms with Crippen molar-refractivity contribution in [2.24, 2.45) is 0 Å². The Bertz CT molecular complexity index is 622. The highest BCUT2D eigenvalue weighted by atomic mass is 16.4. The summed E-state index contributed by atoms with van der Waals surface area (Å²) in [5.74, 6) is 1.57. The van der Waals surface area contributed by atoms with Gasteiger partial charge in [-0.2, -0.15) is 0 Å². The van der Waals surface area contributed by atoms with E-state index in [1.165, 1.54) is 0 Å². The van der Waals surface area contributed by atoms with Crippen molar-refractivity contribution in [1.29, 1.82) is 0 Å². The molecule has 0 atom stereocenters. The van der Waals surface area contributed by atoms with E-state index in [9.17, 15) is 4.79 Å². The number of aromatic nitrogens is 3. The molecule has 2 aromatic rings. The lowest BCUT2D eigenvalue weighted by molar-refractivity contribution is 0.383. The molecule has 2 aromatic heterocycles. The minimum Gasteiger partial charge on any atom is -0.444 e. The average molecular weight is 262 g/mol. The molecule has 6 heteroatoms. The normalized spacial score (nSPS) is 11.6. The van der Waals surface area contributed by atoms with Gasteiger partial charge in [0.25, 0.3) is 5.56 Å². The molecule has 0 unspecified atom stereocenters. The lowest BCUT2D eigenvalue weighted by Crippen LogP contribution is -2.35. The topological polar surface area (TPSA) is 73.0 Å². The van der Waals surface area contributed by atoms with Gasteiger partial charge in [0.2, 0.25) is 5.89 Å². The predicted octanol–water partition coefficient (Wildman–Crippen LogP) is 1.91. The van der Waals surface area contributed by atoms with Gasteiger partial charge in [-0.15, -0.1) is 0 Å². The second-order valence-electron chi connectivity index (χ2n) is 5.34. The van der Waals surface area contributed by atoms with Gasteiger partial charge < -0.3 is 14.3 Å². The molecule has 0 aliphatic heterocycles. The van der Waals surface area contributed by atoms with E-state index < -0.39 is 0 Å². The van der Waals surface area contributed by atoms with Crippen LogP contribution in [-0.4, -0.2) is 14.5 Å². The fourth-order valence-corrected chi connectivity index (χ4v) is 1.70. The highest BCUT2D eigenvalue weighted by Crippen LogP contribution is 2.11. The van der Waals surface area contributed by atoms with Crippen LogP contribution in [0.5, 0.6) is 0 Å². The van der Waals surface area contributed by atoms with E-state index in [1.807, 2.05) is 27.7 Å². The summed E-state index contributed by atoms with van der Waals surface area (Å²) < 4.78 is 6.97. The van der Waals surface area contributed by atoms with Crippen LogP contribution in [0.1, 0.15) is 32.4 Å². The molecule has 0 saturated carbocycles. The zero-order valence-corrected chi connectivity index (χ0v) is 11.6. The first kappa shape index (κ1) is 13.3. The van der Waals surface area contributed by atoms with Crippen molar-refractivity contribution in [1.82, 2.24) is 14.5 Å². The number of anilines is 1. The van der Waals surface area contributed by atoms with Crippen molar-refractivity contribution < 1.29 is 4.42 Å². The first-order valence-electron chi connectivity index (χ1n) is 6.11. The van der Waals surface area contributed by atoms with Crippen molar-refractivity contribution in [3.8, 4) is 0 Å². The Balaban J connectivity index is 2.20. The summed E-state index contributed by atoms with van der Waals surface area (Å²) >= 11 is 0. The van der Waals surface area contributed by atoms with Crippen LogP contribution in [0.4, 0.5) is 5.82 Å². The number of rotatable bonds is 3. The van der Waals surface area contributed by atoms with E-state index >= 15 is 0 Å². The maximum Gasteiger partial charge on any atom is 0.293 e. The average Bonchev–Trinajstić information content (AvgIpc) is 2.72. The van der Waals surface area contributed by atoms with E-state index in [0.29, 0.717) is 18.3 Å². The van der Waals surface area contributed by atoms with E-state index in [2.05, 4.69) is 15.3 Å². The summed E-state index contributed by atoms with van der Waals surface area (Å²) in [6, 6.07) is 0. The summed E-state index contributed by atoms with van der Waals surface area (Å²) in [6.45, 7) is 8.06. The van der Waals surface area contributed by atoms with E-state index in [1.54, 1.807) is 23.2 Å². The first-order chi connectivity index (χ1) is 8.88. The second-order valence-corrected chi connectivity index (χ2v) is 5.34. The third kappa shape index (κ3) is 3.01. The lowest BCUT2D eigenvalue weighted by Gasteiger charge is -2.22. The molecule has 0 fully saturated rings. The highest BCUT2D eigenvalue weighted by Gasteiger charge is 2.16. The van der Waals surface area contributed by atoms with Crippen LogP contribution in [0.2, 0.25) is 0 Å². The minimum absolute atomic E-state index is 0.154. The smallest absolute Gasteiger partial charge is 0.293 e. The van der Waals surface area contributed by atoms with Crippen LogP contribution in [0.3, 0.4) is 0 Å². The Morgan fingerprint density at radius 2 is 2.11 bits per heavy atom. The summed E-state index contributed by atoms with van der Waals surface area (Å²) in [5.41, 5.74) is -0.436. The molecule has 0 aromatic carbocycles. The molecule has 2 rings (SSSR count). The van der Waals surface area contributed by atoms with Crippen molar-refractivity contribution in [2.45, 2.75) is 39.8 Å². The highest BCUT2D eigenvalue weighted by molar-refractivity contribution is 5.31. The maximum absolute atomic E-state index is 12.2. The number of nitrogens with one attached hydrogen (secondary N) is 1. The second kappa shape index (κ2) is 4.87. The van der Waals surface area contributed by atoms with Gasteiger partial charge >= 0.3 is 0 Å². The Labute approximate surface area is 111 Å². The molecule has 102 valence electrons. The van der Waals surface area contributed by atoms with E-state index in [0.717, 1.165) is 5.76 Å². The monoisotopic (exact) mass is 262 g/mol. The van der Waals surface area contributed by atoms with Crippen LogP contribution >= 0.6 is 0 Å². The van der Waals surface area contributed by atoms with Gasteiger partial charge in [-0.3, -0.25) is 4.79 Å². The third-order valence-corrected chi connectivity index (χ3v) is 2.64. The van der Waals surface area contributed by atoms with Gasteiger partial charge in [0, 0.05) is 17.9 Å². The molecule has 6 nitrogen and oxygen atoms in total. The largest absolute Gasteiger partial charge is 0.444 e. The molecule has 0 spiro atoms. The zero-order valence-electron chi connectivity index (χ0n) is 11.6. The van der Waals surface area contributed by atoms with Gasteiger partial charge in [-0.1, -0.05) is 0 Å². The predicted molar refractivity (Wildman–Crippen MR) is 72.1 cm³/mol. The lowest BCUT2D eigenvalue weighted by atomic mass is 10.1. The van der Waals surface area contributed by atoms with Gasteiger partial charge in [-0.05, 0) is 27.7 Å². The zero-order chi connectivity index (χ0) is 14.0.